The molecule has 0 spiro atoms. The molecule has 3 atom stereocenters. The van der Waals surface area contributed by atoms with Gasteiger partial charge in [0.1, 0.15) is 11.6 Å². The van der Waals surface area contributed by atoms with Gasteiger partial charge in [0.2, 0.25) is 0 Å². The quantitative estimate of drug-likeness (QED) is 0.925. The third-order valence-electron chi connectivity index (χ3n) is 4.42. The van der Waals surface area contributed by atoms with Crippen molar-refractivity contribution >= 4 is 0 Å². The lowest BCUT2D eigenvalue weighted by Gasteiger charge is -2.42. The average Bonchev–Trinajstić information content (AvgIpc) is 2.40. The number of halogens is 2. The molecule has 118 valence electrons. The summed E-state index contributed by atoms with van der Waals surface area (Å²) in [6, 6.07) is 4.15. The predicted octanol–water partition coefficient (Wildman–Crippen LogP) is 2.41. The smallest absolute Gasteiger partial charge is 0.126 e. The van der Waals surface area contributed by atoms with Crippen molar-refractivity contribution in [1.82, 2.24) is 9.80 Å². The van der Waals surface area contributed by atoms with Crippen molar-refractivity contribution in [3.8, 4) is 0 Å². The Hall–Kier alpha value is -1.04. The standard InChI is InChI=1S/C16H24F2N2O/c1-11-9-20(10-12(2)19(11)3)5-4-16(21)13-6-14(17)8-15(18)7-13/h6-8,11-12,16,21H,4-5,9-10H2,1-3H3. The summed E-state index contributed by atoms with van der Waals surface area (Å²) in [5.41, 5.74) is 0.308. The van der Waals surface area contributed by atoms with Crippen molar-refractivity contribution in [2.24, 2.45) is 0 Å². The van der Waals surface area contributed by atoms with Crippen LogP contribution in [0.2, 0.25) is 0 Å². The van der Waals surface area contributed by atoms with E-state index in [-0.39, 0.29) is 0 Å². The summed E-state index contributed by atoms with van der Waals surface area (Å²) in [6.07, 6.45) is -0.355. The highest BCUT2D eigenvalue weighted by atomic mass is 19.1. The molecule has 2 rings (SSSR count). The van der Waals surface area contributed by atoms with E-state index in [0.717, 1.165) is 25.7 Å². The first-order valence-corrected chi connectivity index (χ1v) is 7.45. The maximum absolute atomic E-state index is 13.2. The Morgan fingerprint density at radius 3 is 2.19 bits per heavy atom. The Morgan fingerprint density at radius 1 is 1.14 bits per heavy atom. The lowest BCUT2D eigenvalue weighted by Crippen LogP contribution is -2.55. The molecule has 1 heterocycles. The van der Waals surface area contributed by atoms with Gasteiger partial charge in [-0.05, 0) is 45.0 Å². The number of benzene rings is 1. The molecule has 21 heavy (non-hydrogen) atoms. The van der Waals surface area contributed by atoms with E-state index < -0.39 is 17.7 Å². The number of nitrogens with zero attached hydrogens (tertiary/aromatic N) is 2. The van der Waals surface area contributed by atoms with E-state index in [2.05, 4.69) is 30.7 Å². The third-order valence-corrected chi connectivity index (χ3v) is 4.42. The van der Waals surface area contributed by atoms with Crippen LogP contribution in [0, 0.1) is 11.6 Å². The maximum atomic E-state index is 13.2. The van der Waals surface area contributed by atoms with Crippen molar-refractivity contribution in [1.29, 1.82) is 0 Å². The van der Waals surface area contributed by atoms with Crippen LogP contribution in [-0.4, -0.2) is 53.7 Å². The zero-order valence-corrected chi connectivity index (χ0v) is 12.9. The van der Waals surface area contributed by atoms with Gasteiger partial charge in [-0.3, -0.25) is 4.90 Å². The van der Waals surface area contributed by atoms with Crippen LogP contribution in [0.5, 0.6) is 0 Å². The van der Waals surface area contributed by atoms with E-state index in [0.29, 0.717) is 24.1 Å². The van der Waals surface area contributed by atoms with Crippen LogP contribution in [0.1, 0.15) is 31.9 Å². The molecule has 0 aromatic heterocycles. The lowest BCUT2D eigenvalue weighted by atomic mass is 10.0. The first-order chi connectivity index (χ1) is 9.86. The van der Waals surface area contributed by atoms with Gasteiger partial charge < -0.3 is 10.0 Å². The van der Waals surface area contributed by atoms with Gasteiger partial charge >= 0.3 is 0 Å². The highest BCUT2D eigenvalue weighted by Crippen LogP contribution is 2.21. The van der Waals surface area contributed by atoms with Crippen LogP contribution in [0.4, 0.5) is 8.78 Å². The van der Waals surface area contributed by atoms with E-state index >= 15 is 0 Å². The molecule has 5 heteroatoms. The van der Waals surface area contributed by atoms with Crippen LogP contribution in [-0.2, 0) is 0 Å². The first kappa shape index (κ1) is 16.3. The fourth-order valence-corrected chi connectivity index (χ4v) is 2.94. The summed E-state index contributed by atoms with van der Waals surface area (Å²) in [7, 11) is 2.12. The Kier molecular flexibility index (Phi) is 5.30. The van der Waals surface area contributed by atoms with Crippen LogP contribution in [0.25, 0.3) is 0 Å². The molecule has 1 aliphatic rings. The van der Waals surface area contributed by atoms with E-state index in [9.17, 15) is 13.9 Å². The Bertz CT molecular complexity index is 451. The van der Waals surface area contributed by atoms with Gasteiger partial charge in [0.25, 0.3) is 0 Å². The van der Waals surface area contributed by atoms with Crippen molar-refractivity contribution in [2.75, 3.05) is 26.7 Å². The topological polar surface area (TPSA) is 26.7 Å². The van der Waals surface area contributed by atoms with Crippen molar-refractivity contribution < 1.29 is 13.9 Å². The predicted molar refractivity (Wildman–Crippen MR) is 79.1 cm³/mol. The molecular formula is C16H24F2N2O. The summed E-state index contributed by atoms with van der Waals surface area (Å²) < 4.78 is 26.3. The highest BCUT2D eigenvalue weighted by molar-refractivity contribution is 5.20. The Balaban J connectivity index is 1.90. The molecule has 1 fully saturated rings. The van der Waals surface area contributed by atoms with Crippen LogP contribution in [0.15, 0.2) is 18.2 Å². The normalized spacial score (nSPS) is 26.0. The molecule has 0 aliphatic carbocycles. The largest absolute Gasteiger partial charge is 0.388 e. The van der Waals surface area contributed by atoms with E-state index in [4.69, 9.17) is 0 Å². The molecule has 0 bridgehead atoms. The fourth-order valence-electron chi connectivity index (χ4n) is 2.94. The van der Waals surface area contributed by atoms with Gasteiger partial charge in [-0.2, -0.15) is 0 Å². The lowest BCUT2D eigenvalue weighted by molar-refractivity contribution is 0.0484. The number of rotatable bonds is 4. The molecular weight excluding hydrogens is 274 g/mol. The van der Waals surface area contributed by atoms with Gasteiger partial charge in [0.15, 0.2) is 0 Å². The van der Waals surface area contributed by atoms with E-state index in [1.165, 1.54) is 12.1 Å². The second-order valence-corrected chi connectivity index (χ2v) is 6.13. The number of likely N-dealkylation sites (N-methyl/N-ethyl adjacent to an activating group) is 1. The monoisotopic (exact) mass is 298 g/mol. The number of piperazine rings is 1. The molecule has 1 N–H and O–H groups in total. The fraction of sp³-hybridized carbons (Fsp3) is 0.625. The summed E-state index contributed by atoms with van der Waals surface area (Å²) in [5.74, 6) is -1.29. The number of hydrogen-bond acceptors (Lipinski definition) is 3. The molecule has 1 aromatic rings. The van der Waals surface area contributed by atoms with Crippen molar-refractivity contribution in [3.63, 3.8) is 0 Å². The summed E-state index contributed by atoms with van der Waals surface area (Å²) in [5, 5.41) is 10.1. The summed E-state index contributed by atoms with van der Waals surface area (Å²) >= 11 is 0. The average molecular weight is 298 g/mol. The van der Waals surface area contributed by atoms with Crippen LogP contribution >= 0.6 is 0 Å². The molecule has 1 saturated heterocycles. The van der Waals surface area contributed by atoms with Gasteiger partial charge in [0.05, 0.1) is 6.10 Å². The number of aliphatic hydroxyl groups excluding tert-OH is 1. The molecule has 1 aliphatic heterocycles. The second-order valence-electron chi connectivity index (χ2n) is 6.13. The molecule has 3 unspecified atom stereocenters. The number of hydrogen-bond donors (Lipinski definition) is 1. The van der Waals surface area contributed by atoms with E-state index in [1.54, 1.807) is 0 Å². The molecule has 1 aromatic carbocycles. The molecule has 0 radical (unpaired) electrons. The molecule has 0 saturated carbocycles. The SMILES string of the molecule is CC1CN(CCC(O)c2cc(F)cc(F)c2)CC(C)N1C. The van der Waals surface area contributed by atoms with Crippen LogP contribution < -0.4 is 0 Å². The minimum Gasteiger partial charge on any atom is -0.388 e. The van der Waals surface area contributed by atoms with Crippen LogP contribution in [0.3, 0.4) is 0 Å². The zero-order chi connectivity index (χ0) is 15.6. The van der Waals surface area contributed by atoms with E-state index in [1.807, 2.05) is 0 Å². The molecule has 3 nitrogen and oxygen atoms in total. The Morgan fingerprint density at radius 2 is 1.67 bits per heavy atom. The second kappa shape index (κ2) is 6.81. The number of aliphatic hydroxyl groups is 1. The van der Waals surface area contributed by atoms with Crippen molar-refractivity contribution in [2.45, 2.75) is 38.5 Å². The van der Waals surface area contributed by atoms with Gasteiger partial charge in [-0.25, -0.2) is 8.78 Å². The zero-order valence-electron chi connectivity index (χ0n) is 12.9. The minimum absolute atomic E-state index is 0.308. The van der Waals surface area contributed by atoms with Gasteiger partial charge in [-0.15, -0.1) is 0 Å². The maximum Gasteiger partial charge on any atom is 0.126 e. The first-order valence-electron chi connectivity index (χ1n) is 7.45. The van der Waals surface area contributed by atoms with Gasteiger partial charge in [-0.1, -0.05) is 0 Å². The third kappa shape index (κ3) is 4.22. The molecule has 0 amide bonds. The highest BCUT2D eigenvalue weighted by Gasteiger charge is 2.26. The minimum atomic E-state index is -0.833. The van der Waals surface area contributed by atoms with Crippen molar-refractivity contribution in [3.05, 3.63) is 35.4 Å². The van der Waals surface area contributed by atoms with Gasteiger partial charge in [0, 0.05) is 37.8 Å². The Labute approximate surface area is 125 Å². The summed E-state index contributed by atoms with van der Waals surface area (Å²) in [4.78, 5) is 4.64. The summed E-state index contributed by atoms with van der Waals surface area (Å²) in [6.45, 7) is 6.99.